The quantitative estimate of drug-likeness (QED) is 0.472. The van der Waals surface area contributed by atoms with E-state index in [0.717, 1.165) is 0 Å². The van der Waals surface area contributed by atoms with Gasteiger partial charge in [-0.15, -0.1) is 0 Å². The first-order valence-electron chi connectivity index (χ1n) is 2.97. The second-order valence-corrected chi connectivity index (χ2v) is 1.60. The average Bonchev–Trinajstić information content (AvgIpc) is 1.89. The number of ether oxygens (including phenoxy) is 3. The molecule has 64 valence electrons. The maximum absolute atomic E-state index is 5.06. The summed E-state index contributed by atoms with van der Waals surface area (Å²) >= 11 is 0. The number of hydrogen-bond donors (Lipinski definition) is 0. The van der Waals surface area contributed by atoms with Gasteiger partial charge in [0.05, 0.1) is 26.4 Å². The fourth-order valence-corrected chi connectivity index (χ4v) is 0.387. The molecule has 0 aromatic carbocycles. The predicted octanol–water partition coefficient (Wildman–Crippen LogP) is -0.620. The molecule has 0 aliphatic heterocycles. The van der Waals surface area contributed by atoms with Gasteiger partial charge in [-0.05, 0) is 0 Å². The zero-order valence-electron chi connectivity index (χ0n) is 6.55. The second kappa shape index (κ2) is 12.4. The van der Waals surface area contributed by atoms with Gasteiger partial charge < -0.3 is 14.2 Å². The van der Waals surface area contributed by atoms with E-state index in [0.29, 0.717) is 26.4 Å². The summed E-state index contributed by atoms with van der Waals surface area (Å²) in [4.78, 5) is 0. The SMILES string of the molecule is COCCOCCOC.[TeH2]. The first kappa shape index (κ1) is 13.3. The fourth-order valence-electron chi connectivity index (χ4n) is 0.387. The first-order chi connectivity index (χ1) is 4.41. The molecule has 0 amide bonds. The molecule has 3 nitrogen and oxygen atoms in total. The van der Waals surface area contributed by atoms with E-state index in [4.69, 9.17) is 14.2 Å². The Bertz CT molecular complexity index is 46.3. The van der Waals surface area contributed by atoms with Gasteiger partial charge in [0.2, 0.25) is 0 Å². The van der Waals surface area contributed by atoms with Gasteiger partial charge in [-0.1, -0.05) is 0 Å². The van der Waals surface area contributed by atoms with Gasteiger partial charge in [0.25, 0.3) is 0 Å². The number of rotatable bonds is 6. The minimum absolute atomic E-state index is 0. The van der Waals surface area contributed by atoms with Crippen LogP contribution in [0.25, 0.3) is 0 Å². The van der Waals surface area contributed by atoms with Crippen LogP contribution >= 0.6 is 0 Å². The zero-order chi connectivity index (χ0) is 6.95. The van der Waals surface area contributed by atoms with Crippen LogP contribution in [-0.4, -0.2) is 64.3 Å². The van der Waals surface area contributed by atoms with Crippen molar-refractivity contribution in [1.82, 2.24) is 0 Å². The van der Waals surface area contributed by atoms with Crippen molar-refractivity contribution in [1.29, 1.82) is 0 Å². The molecule has 0 atom stereocenters. The molecule has 0 aliphatic carbocycles. The Labute approximate surface area is 78.8 Å². The van der Waals surface area contributed by atoms with Crippen molar-refractivity contribution >= 4 is 23.7 Å². The van der Waals surface area contributed by atoms with Gasteiger partial charge in [-0.2, -0.15) is 0 Å². The van der Waals surface area contributed by atoms with Crippen molar-refractivity contribution in [3.8, 4) is 0 Å². The van der Waals surface area contributed by atoms with Crippen molar-refractivity contribution in [2.45, 2.75) is 0 Å². The Morgan fingerprint density at radius 3 is 1.50 bits per heavy atom. The molecule has 0 rings (SSSR count). The average molecular weight is 264 g/mol. The monoisotopic (exact) mass is 266 g/mol. The molecular formula is C6H16O3Te. The molecule has 0 N–H and O–H groups in total. The molecule has 0 fully saturated rings. The topological polar surface area (TPSA) is 27.7 Å². The van der Waals surface area contributed by atoms with E-state index in [9.17, 15) is 0 Å². The number of hydrogen-bond acceptors (Lipinski definition) is 3. The Kier molecular flexibility index (Phi) is 16.4. The van der Waals surface area contributed by atoms with E-state index in [1.54, 1.807) is 14.2 Å². The van der Waals surface area contributed by atoms with Gasteiger partial charge in [-0.25, -0.2) is 0 Å². The Morgan fingerprint density at radius 2 is 1.20 bits per heavy atom. The Morgan fingerprint density at radius 1 is 0.800 bits per heavy atom. The molecule has 0 bridgehead atoms. The van der Waals surface area contributed by atoms with Crippen LogP contribution in [0.2, 0.25) is 0 Å². The van der Waals surface area contributed by atoms with Crippen molar-refractivity contribution in [2.24, 2.45) is 0 Å². The third-order valence-electron chi connectivity index (χ3n) is 0.864. The van der Waals surface area contributed by atoms with E-state index in [2.05, 4.69) is 0 Å². The summed E-state index contributed by atoms with van der Waals surface area (Å²) in [6, 6.07) is 0. The van der Waals surface area contributed by atoms with Crippen LogP contribution in [0.15, 0.2) is 0 Å². The third-order valence-corrected chi connectivity index (χ3v) is 0.864. The van der Waals surface area contributed by atoms with E-state index < -0.39 is 0 Å². The molecule has 10 heavy (non-hydrogen) atoms. The van der Waals surface area contributed by atoms with Crippen molar-refractivity contribution in [3.63, 3.8) is 0 Å². The van der Waals surface area contributed by atoms with Crippen molar-refractivity contribution in [2.75, 3.05) is 40.6 Å². The molecule has 0 unspecified atom stereocenters. The molecule has 0 spiro atoms. The van der Waals surface area contributed by atoms with Gasteiger partial charge in [0.15, 0.2) is 0 Å². The van der Waals surface area contributed by atoms with Crippen LogP contribution in [0.4, 0.5) is 0 Å². The molecule has 0 saturated heterocycles. The van der Waals surface area contributed by atoms with Crippen LogP contribution in [0, 0.1) is 0 Å². The van der Waals surface area contributed by atoms with E-state index >= 15 is 0 Å². The van der Waals surface area contributed by atoms with Gasteiger partial charge >= 0.3 is 23.7 Å². The van der Waals surface area contributed by atoms with Crippen LogP contribution in [-0.2, 0) is 14.2 Å². The zero-order valence-corrected chi connectivity index (χ0v) is 9.41. The third kappa shape index (κ3) is 11.5. The van der Waals surface area contributed by atoms with E-state index in [1.807, 2.05) is 0 Å². The summed E-state index contributed by atoms with van der Waals surface area (Å²) in [5.74, 6) is 0. The van der Waals surface area contributed by atoms with Crippen LogP contribution < -0.4 is 0 Å². The Balaban J connectivity index is 0. The molecule has 0 aliphatic rings. The summed E-state index contributed by atoms with van der Waals surface area (Å²) < 4.78 is 14.6. The number of methoxy groups -OCH3 is 2. The Hall–Kier alpha value is 0.670. The molecule has 0 aromatic heterocycles. The molecule has 0 radical (unpaired) electrons. The van der Waals surface area contributed by atoms with Crippen molar-refractivity contribution < 1.29 is 14.2 Å². The second-order valence-electron chi connectivity index (χ2n) is 1.60. The maximum atomic E-state index is 5.06. The molecule has 0 saturated carbocycles. The van der Waals surface area contributed by atoms with Crippen LogP contribution in [0.3, 0.4) is 0 Å². The standard InChI is InChI=1S/C6H14O3.H2Te/c1-7-3-5-9-6-4-8-2;/h3-6H2,1-2H3;1H2. The van der Waals surface area contributed by atoms with E-state index in [-0.39, 0.29) is 23.7 Å². The summed E-state index contributed by atoms with van der Waals surface area (Å²) in [7, 11) is 3.30. The first-order valence-corrected chi connectivity index (χ1v) is 2.97. The van der Waals surface area contributed by atoms with Gasteiger partial charge in [0, 0.05) is 14.2 Å². The van der Waals surface area contributed by atoms with E-state index in [1.165, 1.54) is 0 Å². The normalized spacial score (nSPS) is 9.00. The predicted molar refractivity (Wildman–Crippen MR) is 43.1 cm³/mol. The molecule has 0 heterocycles. The summed E-state index contributed by atoms with van der Waals surface area (Å²) in [6.07, 6.45) is 0. The van der Waals surface area contributed by atoms with Gasteiger partial charge in [0.1, 0.15) is 0 Å². The summed E-state index contributed by atoms with van der Waals surface area (Å²) in [6.45, 7) is 2.62. The summed E-state index contributed by atoms with van der Waals surface area (Å²) in [5.41, 5.74) is 0. The molecular weight excluding hydrogens is 248 g/mol. The van der Waals surface area contributed by atoms with Crippen LogP contribution in [0.5, 0.6) is 0 Å². The summed E-state index contributed by atoms with van der Waals surface area (Å²) in [5, 5.41) is 0. The minimum atomic E-state index is 0. The molecule has 0 aromatic rings. The fraction of sp³-hybridized carbons (Fsp3) is 1.00. The van der Waals surface area contributed by atoms with Gasteiger partial charge in [-0.3, -0.25) is 0 Å². The van der Waals surface area contributed by atoms with Crippen molar-refractivity contribution in [3.05, 3.63) is 0 Å². The molecule has 4 heteroatoms. The van der Waals surface area contributed by atoms with Crippen LogP contribution in [0.1, 0.15) is 0 Å².